The molecule has 4 rings (SSSR count). The summed E-state index contributed by atoms with van der Waals surface area (Å²) in [7, 11) is 0. The second kappa shape index (κ2) is 7.40. The molecule has 2 aromatic heterocycles. The predicted molar refractivity (Wildman–Crippen MR) is 103 cm³/mol. The fraction of sp³-hybridized carbons (Fsp3) is 0.350. The molecule has 4 atom stereocenters. The maximum atomic E-state index is 13.7. The molecule has 3 aromatic rings. The minimum Gasteiger partial charge on any atom is -0.386 e. The normalized spacial score (nSPS) is 26.6. The minimum atomic E-state index is -1.17. The van der Waals surface area contributed by atoms with Crippen molar-refractivity contribution in [3.63, 3.8) is 0 Å². The van der Waals surface area contributed by atoms with Crippen molar-refractivity contribution in [3.8, 4) is 12.3 Å². The van der Waals surface area contributed by atoms with E-state index < -0.39 is 30.1 Å². The molecule has 1 fully saturated rings. The third-order valence-electron chi connectivity index (χ3n) is 5.13. The van der Waals surface area contributed by atoms with Crippen LogP contribution in [0.2, 0.25) is 0 Å². The highest BCUT2D eigenvalue weighted by Gasteiger charge is 2.55. The van der Waals surface area contributed by atoms with Gasteiger partial charge in [-0.3, -0.25) is 4.57 Å². The van der Waals surface area contributed by atoms with E-state index in [1.165, 1.54) is 10.9 Å². The number of nitrogens with zero attached hydrogens (tertiary/aromatic N) is 4. The van der Waals surface area contributed by atoms with Crippen LogP contribution in [0, 0.1) is 18.4 Å². The van der Waals surface area contributed by atoms with Gasteiger partial charge in [0.25, 0.3) is 0 Å². The molecule has 0 amide bonds. The predicted octanol–water partition coefficient (Wildman–Crippen LogP) is 1.80. The summed E-state index contributed by atoms with van der Waals surface area (Å²) in [4.78, 5) is 11.3. The average Bonchev–Trinajstić information content (AvgIpc) is 3.26. The highest BCUT2D eigenvalue weighted by molar-refractivity contribution is 5.81. The number of halogens is 1. The molecule has 0 radical (unpaired) electrons. The van der Waals surface area contributed by atoms with Crippen molar-refractivity contribution in [1.82, 2.24) is 19.5 Å². The van der Waals surface area contributed by atoms with E-state index >= 15 is 0 Å². The molecule has 0 saturated carbocycles. The molecule has 9 heteroatoms. The van der Waals surface area contributed by atoms with E-state index in [9.17, 15) is 9.50 Å². The first-order valence-corrected chi connectivity index (χ1v) is 9.14. The van der Waals surface area contributed by atoms with Gasteiger partial charge in [0.1, 0.15) is 12.2 Å². The van der Waals surface area contributed by atoms with Crippen LogP contribution >= 0.6 is 0 Å². The molecule has 150 valence electrons. The summed E-state index contributed by atoms with van der Waals surface area (Å²) in [6, 6.07) is 9.52. The molecule has 3 heterocycles. The van der Waals surface area contributed by atoms with Crippen LogP contribution in [0.25, 0.3) is 11.2 Å². The number of hydrogen-bond acceptors (Lipinski definition) is 7. The van der Waals surface area contributed by atoms with Crippen LogP contribution in [0.4, 0.5) is 10.2 Å². The van der Waals surface area contributed by atoms with Crippen molar-refractivity contribution in [3.05, 3.63) is 48.3 Å². The van der Waals surface area contributed by atoms with E-state index in [1.807, 2.05) is 37.3 Å². The Labute approximate surface area is 166 Å². The second-order valence-electron chi connectivity index (χ2n) is 6.81. The number of aromatic nitrogens is 4. The molecule has 1 unspecified atom stereocenters. The van der Waals surface area contributed by atoms with Crippen LogP contribution in [0.5, 0.6) is 0 Å². The number of rotatable bonds is 5. The van der Waals surface area contributed by atoms with Crippen LogP contribution in [-0.4, -0.2) is 42.4 Å². The van der Waals surface area contributed by atoms with Crippen molar-refractivity contribution in [1.29, 1.82) is 0 Å². The van der Waals surface area contributed by atoms with Gasteiger partial charge in [-0.05, 0) is 12.0 Å². The van der Waals surface area contributed by atoms with E-state index in [1.54, 1.807) is 0 Å². The van der Waals surface area contributed by atoms with Gasteiger partial charge in [0.15, 0.2) is 28.8 Å². The number of nitrogen functional groups attached to an aromatic ring is 1. The van der Waals surface area contributed by atoms with Crippen LogP contribution in [0.3, 0.4) is 0 Å². The molecule has 8 nitrogen and oxygen atoms in total. The maximum absolute atomic E-state index is 13.7. The van der Waals surface area contributed by atoms with Gasteiger partial charge in [0.2, 0.25) is 0 Å². The summed E-state index contributed by atoms with van der Waals surface area (Å²) < 4.78 is 27.2. The highest BCUT2D eigenvalue weighted by atomic mass is 19.1. The number of aliphatic hydroxyl groups excluding tert-OH is 1. The van der Waals surface area contributed by atoms with Gasteiger partial charge in [0.05, 0.1) is 12.9 Å². The first-order chi connectivity index (χ1) is 14.0. The molecule has 29 heavy (non-hydrogen) atoms. The van der Waals surface area contributed by atoms with E-state index in [0.717, 1.165) is 5.56 Å². The SMILES string of the molecule is C#C[C@]1(CC)O[C@@H](n2cnc3c(N)nc(F)nc32)C(O)[C@H]1OCc1ccccc1. The number of benzene rings is 1. The molecule has 1 aromatic carbocycles. The Morgan fingerprint density at radius 1 is 1.38 bits per heavy atom. The Kier molecular flexibility index (Phi) is 4.92. The Morgan fingerprint density at radius 3 is 2.83 bits per heavy atom. The van der Waals surface area contributed by atoms with Crippen molar-refractivity contribution in [2.24, 2.45) is 0 Å². The zero-order valence-electron chi connectivity index (χ0n) is 15.7. The van der Waals surface area contributed by atoms with E-state index in [-0.39, 0.29) is 23.6 Å². The first-order valence-electron chi connectivity index (χ1n) is 9.14. The summed E-state index contributed by atoms with van der Waals surface area (Å²) in [6.45, 7) is 2.09. The standard InChI is InChI=1S/C20H20FN5O3/c1-3-20(4-2)15(28-10-12-8-6-5-7-9-12)14(27)18(29-20)26-11-23-13-16(22)24-19(21)25-17(13)26/h1,5-9,11,14-15,18,27H,4,10H2,2H3,(H2,22,24,25)/t14?,15-,18-,20-/m1/s1. The largest absolute Gasteiger partial charge is 0.386 e. The summed E-state index contributed by atoms with van der Waals surface area (Å²) in [5, 5.41) is 11.0. The van der Waals surface area contributed by atoms with Gasteiger partial charge >= 0.3 is 6.08 Å². The summed E-state index contributed by atoms with van der Waals surface area (Å²) in [5.41, 5.74) is 5.79. The van der Waals surface area contributed by atoms with Gasteiger partial charge in [-0.15, -0.1) is 6.42 Å². The molecule has 3 N–H and O–H groups in total. The smallest absolute Gasteiger partial charge is 0.312 e. The molecule has 0 aliphatic carbocycles. The molecular formula is C20H20FN5O3. The first kappa shape index (κ1) is 19.3. The Balaban J connectivity index is 1.69. The monoisotopic (exact) mass is 397 g/mol. The zero-order chi connectivity index (χ0) is 20.6. The fourth-order valence-corrected chi connectivity index (χ4v) is 3.59. The molecule has 1 aliphatic heterocycles. The fourth-order valence-electron chi connectivity index (χ4n) is 3.59. The average molecular weight is 397 g/mol. The van der Waals surface area contributed by atoms with Crippen LogP contribution < -0.4 is 5.73 Å². The second-order valence-corrected chi connectivity index (χ2v) is 6.81. The molecule has 0 spiro atoms. The van der Waals surface area contributed by atoms with E-state index in [2.05, 4.69) is 20.9 Å². The lowest BCUT2D eigenvalue weighted by Crippen LogP contribution is -2.43. The number of nitrogens with two attached hydrogens (primary N) is 1. The van der Waals surface area contributed by atoms with Crippen LogP contribution in [-0.2, 0) is 16.1 Å². The quantitative estimate of drug-likeness (QED) is 0.499. The van der Waals surface area contributed by atoms with Crippen molar-refractivity contribution < 1.29 is 19.0 Å². The third-order valence-corrected chi connectivity index (χ3v) is 5.13. The number of hydrogen-bond donors (Lipinski definition) is 2. The van der Waals surface area contributed by atoms with E-state index in [0.29, 0.717) is 6.42 Å². The van der Waals surface area contributed by atoms with Crippen molar-refractivity contribution >= 4 is 17.0 Å². The van der Waals surface area contributed by atoms with Gasteiger partial charge in [0, 0.05) is 0 Å². The summed E-state index contributed by atoms with van der Waals surface area (Å²) in [6.07, 6.45) is 3.60. The number of fused-ring (bicyclic) bond motifs is 1. The topological polar surface area (TPSA) is 108 Å². The number of aliphatic hydroxyl groups is 1. The Bertz CT molecular complexity index is 1070. The molecule has 1 saturated heterocycles. The maximum Gasteiger partial charge on any atom is 0.312 e. The Morgan fingerprint density at radius 2 is 2.14 bits per heavy atom. The summed E-state index contributed by atoms with van der Waals surface area (Å²) in [5.74, 6) is 2.53. The van der Waals surface area contributed by atoms with E-state index in [4.69, 9.17) is 21.6 Å². The molecule has 0 bridgehead atoms. The van der Waals surface area contributed by atoms with Gasteiger partial charge < -0.3 is 20.3 Å². The molecular weight excluding hydrogens is 377 g/mol. The number of anilines is 1. The zero-order valence-corrected chi connectivity index (χ0v) is 15.7. The number of ether oxygens (including phenoxy) is 2. The van der Waals surface area contributed by atoms with Gasteiger partial charge in [-0.2, -0.15) is 14.4 Å². The highest BCUT2D eigenvalue weighted by Crippen LogP contribution is 2.42. The number of terminal acetylenes is 1. The van der Waals surface area contributed by atoms with Gasteiger partial charge in [-0.1, -0.05) is 43.2 Å². The minimum absolute atomic E-state index is 0.102. The molecule has 1 aliphatic rings. The third kappa shape index (κ3) is 3.21. The lowest BCUT2D eigenvalue weighted by molar-refractivity contribution is -0.0867. The van der Waals surface area contributed by atoms with Gasteiger partial charge in [-0.25, -0.2) is 4.98 Å². The number of imidazole rings is 1. The summed E-state index contributed by atoms with van der Waals surface area (Å²) >= 11 is 0. The Hall–Kier alpha value is -3.06. The van der Waals surface area contributed by atoms with Crippen molar-refractivity contribution in [2.45, 2.75) is 44.0 Å². The lowest BCUT2D eigenvalue weighted by Gasteiger charge is -2.28. The van der Waals surface area contributed by atoms with Crippen molar-refractivity contribution in [2.75, 3.05) is 5.73 Å². The van der Waals surface area contributed by atoms with Crippen LogP contribution in [0.15, 0.2) is 36.7 Å². The van der Waals surface area contributed by atoms with Crippen LogP contribution in [0.1, 0.15) is 25.1 Å². The lowest BCUT2D eigenvalue weighted by atomic mass is 9.93.